The molecule has 2 aliphatic rings. The molecule has 1 heterocycles. The van der Waals surface area contributed by atoms with Crippen LogP contribution in [0.2, 0.25) is 0 Å². The fourth-order valence-electron chi connectivity index (χ4n) is 3.18. The van der Waals surface area contributed by atoms with E-state index in [0.29, 0.717) is 19.4 Å². The van der Waals surface area contributed by atoms with E-state index >= 15 is 0 Å². The van der Waals surface area contributed by atoms with Crippen LogP contribution >= 0.6 is 0 Å². The van der Waals surface area contributed by atoms with Crippen molar-refractivity contribution in [1.29, 1.82) is 0 Å². The summed E-state index contributed by atoms with van der Waals surface area (Å²) in [5.41, 5.74) is 0. The van der Waals surface area contributed by atoms with Crippen molar-refractivity contribution in [1.82, 2.24) is 5.32 Å². The Bertz CT molecular complexity index is 344. The van der Waals surface area contributed by atoms with Crippen molar-refractivity contribution >= 4 is 11.9 Å². The summed E-state index contributed by atoms with van der Waals surface area (Å²) in [6.45, 7) is 2.66. The third-order valence-electron chi connectivity index (χ3n) is 4.25. The van der Waals surface area contributed by atoms with Crippen LogP contribution < -0.4 is 5.32 Å². The summed E-state index contributed by atoms with van der Waals surface area (Å²) in [4.78, 5) is 23.5. The molecule has 5 nitrogen and oxygen atoms in total. The predicted octanol–water partition coefficient (Wildman–Crippen LogP) is 1.56. The molecule has 2 rings (SSSR count). The molecule has 1 saturated carbocycles. The summed E-state index contributed by atoms with van der Waals surface area (Å²) >= 11 is 0. The number of rotatable bonds is 3. The lowest BCUT2D eigenvalue weighted by Crippen LogP contribution is -2.46. The SMILES string of the molecule is CC1CC(NC(=O)C2CCCCC2C(=O)O)CCO1. The fraction of sp³-hybridized carbons (Fsp3) is 0.857. The van der Waals surface area contributed by atoms with Gasteiger partial charge in [0.2, 0.25) is 5.91 Å². The van der Waals surface area contributed by atoms with E-state index < -0.39 is 11.9 Å². The van der Waals surface area contributed by atoms with Gasteiger partial charge >= 0.3 is 5.97 Å². The number of carboxylic acids is 1. The van der Waals surface area contributed by atoms with E-state index in [-0.39, 0.29) is 24.0 Å². The second-order valence-corrected chi connectivity index (χ2v) is 5.75. The van der Waals surface area contributed by atoms with Crippen LogP contribution in [-0.2, 0) is 14.3 Å². The summed E-state index contributed by atoms with van der Waals surface area (Å²) in [6.07, 6.45) is 4.98. The topological polar surface area (TPSA) is 75.6 Å². The average molecular weight is 269 g/mol. The maximum Gasteiger partial charge on any atom is 0.307 e. The number of nitrogens with one attached hydrogen (secondary N) is 1. The van der Waals surface area contributed by atoms with Crippen LogP contribution in [0, 0.1) is 11.8 Å². The van der Waals surface area contributed by atoms with Crippen LogP contribution in [0.5, 0.6) is 0 Å². The lowest BCUT2D eigenvalue weighted by atomic mass is 9.78. The van der Waals surface area contributed by atoms with E-state index in [2.05, 4.69) is 5.32 Å². The molecule has 2 N–H and O–H groups in total. The van der Waals surface area contributed by atoms with Crippen LogP contribution in [-0.4, -0.2) is 35.7 Å². The molecular weight excluding hydrogens is 246 g/mol. The Hall–Kier alpha value is -1.10. The Morgan fingerprint density at radius 3 is 2.47 bits per heavy atom. The minimum Gasteiger partial charge on any atom is -0.481 e. The zero-order chi connectivity index (χ0) is 13.8. The highest BCUT2D eigenvalue weighted by atomic mass is 16.5. The van der Waals surface area contributed by atoms with Crippen molar-refractivity contribution in [2.75, 3.05) is 6.61 Å². The zero-order valence-corrected chi connectivity index (χ0v) is 11.4. The van der Waals surface area contributed by atoms with Gasteiger partial charge in [0.05, 0.1) is 17.9 Å². The maximum atomic E-state index is 12.3. The van der Waals surface area contributed by atoms with Gasteiger partial charge in [0, 0.05) is 12.6 Å². The molecule has 19 heavy (non-hydrogen) atoms. The van der Waals surface area contributed by atoms with Crippen molar-refractivity contribution in [2.24, 2.45) is 11.8 Å². The van der Waals surface area contributed by atoms with Gasteiger partial charge in [-0.25, -0.2) is 0 Å². The second kappa shape index (κ2) is 6.37. The van der Waals surface area contributed by atoms with Crippen LogP contribution in [0.25, 0.3) is 0 Å². The molecule has 2 fully saturated rings. The number of carboxylic acid groups (broad SMARTS) is 1. The van der Waals surface area contributed by atoms with Crippen molar-refractivity contribution < 1.29 is 19.4 Å². The first-order valence-corrected chi connectivity index (χ1v) is 7.22. The highest BCUT2D eigenvalue weighted by Crippen LogP contribution is 2.30. The first-order valence-electron chi connectivity index (χ1n) is 7.22. The molecule has 1 aliphatic carbocycles. The smallest absolute Gasteiger partial charge is 0.307 e. The molecule has 4 atom stereocenters. The number of ether oxygens (including phenoxy) is 1. The van der Waals surface area contributed by atoms with Gasteiger partial charge in [-0.2, -0.15) is 0 Å². The van der Waals surface area contributed by atoms with Gasteiger partial charge in [0.15, 0.2) is 0 Å². The van der Waals surface area contributed by atoms with Crippen molar-refractivity contribution in [2.45, 2.75) is 57.6 Å². The Kier molecular flexibility index (Phi) is 4.80. The first kappa shape index (κ1) is 14.3. The lowest BCUT2D eigenvalue weighted by molar-refractivity contribution is -0.149. The number of hydrogen-bond donors (Lipinski definition) is 2. The molecule has 0 aromatic heterocycles. The maximum absolute atomic E-state index is 12.3. The van der Waals surface area contributed by atoms with Gasteiger partial charge in [-0.1, -0.05) is 12.8 Å². The number of aliphatic carboxylic acids is 1. The Labute approximate surface area is 113 Å². The van der Waals surface area contributed by atoms with E-state index in [0.717, 1.165) is 25.7 Å². The Morgan fingerprint density at radius 2 is 1.84 bits per heavy atom. The standard InChI is InChI=1S/C14H23NO4/c1-9-8-10(6-7-19-9)15-13(16)11-4-2-3-5-12(11)14(17)18/h9-12H,2-8H2,1H3,(H,15,16)(H,17,18). The second-order valence-electron chi connectivity index (χ2n) is 5.75. The van der Waals surface area contributed by atoms with Gasteiger partial charge in [-0.15, -0.1) is 0 Å². The fourth-order valence-corrected chi connectivity index (χ4v) is 3.18. The van der Waals surface area contributed by atoms with E-state index in [1.54, 1.807) is 0 Å². The third kappa shape index (κ3) is 3.69. The highest BCUT2D eigenvalue weighted by Gasteiger charge is 2.36. The molecule has 0 spiro atoms. The van der Waals surface area contributed by atoms with E-state index in [1.165, 1.54) is 0 Å². The molecule has 0 radical (unpaired) electrons. The van der Waals surface area contributed by atoms with Crippen LogP contribution in [0.3, 0.4) is 0 Å². The van der Waals surface area contributed by atoms with Gasteiger partial charge in [0.25, 0.3) is 0 Å². The van der Waals surface area contributed by atoms with Crippen LogP contribution in [0.4, 0.5) is 0 Å². The zero-order valence-electron chi connectivity index (χ0n) is 11.4. The molecule has 0 aromatic carbocycles. The van der Waals surface area contributed by atoms with Crippen molar-refractivity contribution in [3.63, 3.8) is 0 Å². The highest BCUT2D eigenvalue weighted by molar-refractivity contribution is 5.85. The number of carbonyl (C=O) groups excluding carboxylic acids is 1. The van der Waals surface area contributed by atoms with Crippen LogP contribution in [0.15, 0.2) is 0 Å². The molecule has 5 heteroatoms. The first-order chi connectivity index (χ1) is 9.08. The molecular formula is C14H23NO4. The monoisotopic (exact) mass is 269 g/mol. The molecule has 1 amide bonds. The van der Waals surface area contributed by atoms with E-state index in [4.69, 9.17) is 4.74 Å². The molecule has 1 aliphatic heterocycles. The average Bonchev–Trinajstić information content (AvgIpc) is 2.38. The Balaban J connectivity index is 1.92. The normalized spacial score (nSPS) is 35.6. The minimum atomic E-state index is -0.833. The quantitative estimate of drug-likeness (QED) is 0.815. The summed E-state index contributed by atoms with van der Waals surface area (Å²) in [5, 5.41) is 12.2. The summed E-state index contributed by atoms with van der Waals surface area (Å²) < 4.78 is 5.45. The van der Waals surface area contributed by atoms with Gasteiger partial charge in [-0.05, 0) is 32.6 Å². The molecule has 0 bridgehead atoms. The van der Waals surface area contributed by atoms with E-state index in [9.17, 15) is 14.7 Å². The van der Waals surface area contributed by atoms with Crippen molar-refractivity contribution in [3.05, 3.63) is 0 Å². The summed E-state index contributed by atoms with van der Waals surface area (Å²) in [7, 11) is 0. The molecule has 1 saturated heterocycles. The summed E-state index contributed by atoms with van der Waals surface area (Å²) in [5.74, 6) is -1.78. The third-order valence-corrected chi connectivity index (χ3v) is 4.25. The van der Waals surface area contributed by atoms with E-state index in [1.807, 2.05) is 6.92 Å². The number of amides is 1. The lowest BCUT2D eigenvalue weighted by Gasteiger charge is -2.32. The van der Waals surface area contributed by atoms with Crippen molar-refractivity contribution in [3.8, 4) is 0 Å². The summed E-state index contributed by atoms with van der Waals surface area (Å²) in [6, 6.07) is 0.132. The number of carbonyl (C=O) groups is 2. The largest absolute Gasteiger partial charge is 0.481 e. The minimum absolute atomic E-state index is 0.0776. The molecule has 108 valence electrons. The predicted molar refractivity (Wildman–Crippen MR) is 69.7 cm³/mol. The molecule has 4 unspecified atom stereocenters. The van der Waals surface area contributed by atoms with Gasteiger partial charge in [-0.3, -0.25) is 9.59 Å². The van der Waals surface area contributed by atoms with Gasteiger partial charge in [0.1, 0.15) is 0 Å². The Morgan fingerprint density at radius 1 is 1.16 bits per heavy atom. The van der Waals surface area contributed by atoms with Crippen LogP contribution in [0.1, 0.15) is 45.4 Å². The number of hydrogen-bond acceptors (Lipinski definition) is 3. The molecule has 0 aromatic rings. The van der Waals surface area contributed by atoms with Gasteiger partial charge < -0.3 is 15.2 Å².